The normalized spacial score (nSPS) is 11.5. The average Bonchev–Trinajstić information content (AvgIpc) is 2.85. The van der Waals surface area contributed by atoms with Crippen LogP contribution in [0, 0.1) is 20.2 Å². The lowest BCUT2D eigenvalue weighted by molar-refractivity contribution is -0.393. The van der Waals surface area contributed by atoms with Crippen molar-refractivity contribution in [1.29, 1.82) is 0 Å². The molecule has 0 amide bonds. The largest absolute Gasteiger partial charge is 0.301 e. The van der Waals surface area contributed by atoms with Gasteiger partial charge >= 0.3 is 5.69 Å². The maximum absolute atomic E-state index is 11.2. The van der Waals surface area contributed by atoms with Crippen LogP contribution in [0.2, 0.25) is 0 Å². The lowest BCUT2D eigenvalue weighted by atomic mass is 10.0. The molecule has 0 atom stereocenters. The molecule has 35 heavy (non-hydrogen) atoms. The van der Waals surface area contributed by atoms with Gasteiger partial charge < -0.3 is 0 Å². The predicted octanol–water partition coefficient (Wildman–Crippen LogP) is 9.33. The summed E-state index contributed by atoms with van der Waals surface area (Å²) >= 11 is 0. The SMILES string of the molecule is CCCCCCCCCCCCCCCCCC/C(CC)=N/Nc1ccc([N+](=O)[O-])cc1[N+](=O)[O-]. The first kappa shape index (κ1) is 30.5. The van der Waals surface area contributed by atoms with Crippen LogP contribution < -0.4 is 5.43 Å². The minimum Gasteiger partial charge on any atom is -0.272 e. The van der Waals surface area contributed by atoms with Gasteiger partial charge in [-0.2, -0.15) is 5.10 Å². The van der Waals surface area contributed by atoms with Gasteiger partial charge in [0.1, 0.15) is 5.69 Å². The molecule has 0 spiro atoms. The number of non-ortho nitro benzene ring substituents is 1. The molecular formula is C27H46N4O4. The Balaban J connectivity index is 2.13. The molecule has 8 nitrogen and oxygen atoms in total. The van der Waals surface area contributed by atoms with Gasteiger partial charge in [-0.1, -0.05) is 110 Å². The van der Waals surface area contributed by atoms with E-state index >= 15 is 0 Å². The summed E-state index contributed by atoms with van der Waals surface area (Å²) in [7, 11) is 0. The number of hydrogen-bond acceptors (Lipinski definition) is 6. The third-order valence-corrected chi connectivity index (χ3v) is 6.45. The summed E-state index contributed by atoms with van der Waals surface area (Å²) in [4.78, 5) is 20.8. The van der Waals surface area contributed by atoms with Crippen LogP contribution in [0.4, 0.5) is 17.1 Å². The zero-order valence-electron chi connectivity index (χ0n) is 21.9. The van der Waals surface area contributed by atoms with Crippen molar-refractivity contribution in [2.24, 2.45) is 5.10 Å². The van der Waals surface area contributed by atoms with Crippen LogP contribution in [0.25, 0.3) is 0 Å². The molecule has 0 aromatic heterocycles. The van der Waals surface area contributed by atoms with Crippen molar-refractivity contribution in [2.45, 2.75) is 129 Å². The Morgan fingerprint density at radius 2 is 1.23 bits per heavy atom. The van der Waals surface area contributed by atoms with E-state index in [0.717, 1.165) is 37.5 Å². The fourth-order valence-electron chi connectivity index (χ4n) is 4.21. The van der Waals surface area contributed by atoms with Gasteiger partial charge in [0.2, 0.25) is 0 Å². The molecule has 1 aromatic rings. The zero-order valence-corrected chi connectivity index (χ0v) is 21.9. The number of benzene rings is 1. The average molecular weight is 491 g/mol. The Morgan fingerprint density at radius 1 is 0.743 bits per heavy atom. The number of anilines is 1. The molecule has 1 aromatic carbocycles. The number of rotatable bonds is 22. The first-order chi connectivity index (χ1) is 17.0. The van der Waals surface area contributed by atoms with Crippen LogP contribution in [-0.4, -0.2) is 15.6 Å². The van der Waals surface area contributed by atoms with Gasteiger partial charge in [0, 0.05) is 11.8 Å². The summed E-state index contributed by atoms with van der Waals surface area (Å²) in [6, 6.07) is 3.53. The van der Waals surface area contributed by atoms with Crippen LogP contribution >= 0.6 is 0 Å². The molecule has 0 saturated heterocycles. The highest BCUT2D eigenvalue weighted by molar-refractivity contribution is 5.85. The second-order valence-corrected chi connectivity index (χ2v) is 9.41. The summed E-state index contributed by atoms with van der Waals surface area (Å²) < 4.78 is 0. The van der Waals surface area contributed by atoms with Crippen LogP contribution in [-0.2, 0) is 0 Å². The molecule has 0 aliphatic heterocycles. The zero-order chi connectivity index (χ0) is 25.7. The van der Waals surface area contributed by atoms with E-state index in [1.165, 1.54) is 102 Å². The van der Waals surface area contributed by atoms with Crippen molar-refractivity contribution >= 4 is 22.8 Å². The maximum atomic E-state index is 11.2. The lowest BCUT2D eigenvalue weighted by Crippen LogP contribution is -2.03. The number of hydrazone groups is 1. The summed E-state index contributed by atoms with van der Waals surface area (Å²) in [6.45, 7) is 4.28. The van der Waals surface area contributed by atoms with Crippen molar-refractivity contribution in [3.8, 4) is 0 Å². The number of nitrogens with zero attached hydrogens (tertiary/aromatic N) is 3. The number of unbranched alkanes of at least 4 members (excludes halogenated alkanes) is 15. The van der Waals surface area contributed by atoms with E-state index in [2.05, 4.69) is 17.5 Å². The molecule has 8 heteroatoms. The monoisotopic (exact) mass is 490 g/mol. The second-order valence-electron chi connectivity index (χ2n) is 9.41. The van der Waals surface area contributed by atoms with Gasteiger partial charge in [-0.15, -0.1) is 0 Å². The van der Waals surface area contributed by atoms with Gasteiger partial charge in [0.25, 0.3) is 5.69 Å². The Hall–Kier alpha value is -2.51. The molecule has 0 unspecified atom stereocenters. The molecule has 0 saturated carbocycles. The van der Waals surface area contributed by atoms with Gasteiger partial charge in [-0.05, 0) is 25.3 Å². The Kier molecular flexibility index (Phi) is 17.2. The van der Waals surface area contributed by atoms with Gasteiger partial charge in [0.15, 0.2) is 0 Å². The van der Waals surface area contributed by atoms with Crippen molar-refractivity contribution in [1.82, 2.24) is 0 Å². The van der Waals surface area contributed by atoms with Crippen LogP contribution in [0.1, 0.15) is 129 Å². The molecule has 198 valence electrons. The molecule has 0 aliphatic rings. The Bertz CT molecular complexity index is 768. The molecule has 0 radical (unpaired) electrons. The molecule has 0 aliphatic carbocycles. The molecular weight excluding hydrogens is 444 g/mol. The summed E-state index contributed by atoms with van der Waals surface area (Å²) in [5.74, 6) is 0. The van der Waals surface area contributed by atoms with E-state index in [-0.39, 0.29) is 17.1 Å². The minimum absolute atomic E-state index is 0.165. The smallest absolute Gasteiger partial charge is 0.272 e. The highest BCUT2D eigenvalue weighted by atomic mass is 16.6. The lowest BCUT2D eigenvalue weighted by Gasteiger charge is -2.07. The molecule has 1 N–H and O–H groups in total. The number of nitro groups is 2. The fourth-order valence-corrected chi connectivity index (χ4v) is 4.21. The van der Waals surface area contributed by atoms with Gasteiger partial charge in [0.05, 0.1) is 15.9 Å². The summed E-state index contributed by atoms with van der Waals surface area (Å²) in [6.07, 6.45) is 22.9. The first-order valence-electron chi connectivity index (χ1n) is 13.7. The third-order valence-electron chi connectivity index (χ3n) is 6.45. The summed E-state index contributed by atoms with van der Waals surface area (Å²) in [5, 5.41) is 26.4. The highest BCUT2D eigenvalue weighted by Crippen LogP contribution is 2.29. The van der Waals surface area contributed by atoms with E-state index in [1.54, 1.807) is 0 Å². The quantitative estimate of drug-likeness (QED) is 0.0753. The highest BCUT2D eigenvalue weighted by Gasteiger charge is 2.19. The maximum Gasteiger partial charge on any atom is 0.301 e. The number of nitro benzene ring substituents is 2. The van der Waals surface area contributed by atoms with Crippen LogP contribution in [0.5, 0.6) is 0 Å². The van der Waals surface area contributed by atoms with Gasteiger partial charge in [-0.25, -0.2) is 0 Å². The third kappa shape index (κ3) is 14.5. The second kappa shape index (κ2) is 19.8. The van der Waals surface area contributed by atoms with Crippen molar-refractivity contribution < 1.29 is 9.85 Å². The molecule has 0 bridgehead atoms. The Morgan fingerprint density at radius 3 is 1.66 bits per heavy atom. The van der Waals surface area contributed by atoms with E-state index in [4.69, 9.17) is 0 Å². The molecule has 1 rings (SSSR count). The van der Waals surface area contributed by atoms with Crippen molar-refractivity contribution in [2.75, 3.05) is 5.43 Å². The Labute approximate surface area is 211 Å². The van der Waals surface area contributed by atoms with Crippen LogP contribution in [0.15, 0.2) is 23.3 Å². The van der Waals surface area contributed by atoms with Crippen molar-refractivity contribution in [3.05, 3.63) is 38.4 Å². The van der Waals surface area contributed by atoms with Crippen molar-refractivity contribution in [3.63, 3.8) is 0 Å². The van der Waals surface area contributed by atoms with E-state index < -0.39 is 9.85 Å². The first-order valence-corrected chi connectivity index (χ1v) is 13.7. The van der Waals surface area contributed by atoms with E-state index in [1.807, 2.05) is 6.92 Å². The number of nitrogens with one attached hydrogen (secondary N) is 1. The number of hydrogen-bond donors (Lipinski definition) is 1. The molecule has 0 fully saturated rings. The van der Waals surface area contributed by atoms with Crippen LogP contribution in [0.3, 0.4) is 0 Å². The topological polar surface area (TPSA) is 111 Å². The summed E-state index contributed by atoms with van der Waals surface area (Å²) in [5.41, 5.74) is 3.20. The fraction of sp³-hybridized carbons (Fsp3) is 0.741. The minimum atomic E-state index is -0.644. The van der Waals surface area contributed by atoms with E-state index in [0.29, 0.717) is 0 Å². The predicted molar refractivity (Wildman–Crippen MR) is 145 cm³/mol. The van der Waals surface area contributed by atoms with E-state index in [9.17, 15) is 20.2 Å². The van der Waals surface area contributed by atoms with Gasteiger partial charge in [-0.3, -0.25) is 25.7 Å². The standard InChI is InChI=1S/C27H46N4O4/c1-3-5-6-7-8-9-10-11-12-13-14-15-16-17-18-19-20-24(4-2)28-29-26-22-21-25(30(32)33)23-27(26)31(34)35/h21-23,29H,3-20H2,1-2H3/b28-24+. The molecule has 0 heterocycles.